The van der Waals surface area contributed by atoms with Gasteiger partial charge in [0.15, 0.2) is 11.6 Å². The molecule has 5 heteroatoms. The van der Waals surface area contributed by atoms with Crippen molar-refractivity contribution >= 4 is 0 Å². The van der Waals surface area contributed by atoms with Crippen molar-refractivity contribution in [1.82, 2.24) is 19.9 Å². The topological polar surface area (TPSA) is 60.8 Å². The lowest BCUT2D eigenvalue weighted by Gasteiger charge is -2.39. The van der Waals surface area contributed by atoms with E-state index in [1.165, 1.54) is 11.1 Å². The van der Waals surface area contributed by atoms with Crippen molar-refractivity contribution in [3.05, 3.63) is 240 Å². The molecule has 0 fully saturated rings. The molecule has 10 aromatic rings. The van der Waals surface area contributed by atoms with E-state index in [0.717, 1.165) is 95.5 Å². The zero-order chi connectivity index (χ0) is 41.9. The van der Waals surface area contributed by atoms with E-state index in [4.69, 9.17) is 24.7 Å². The molecule has 1 aliphatic heterocycles. The van der Waals surface area contributed by atoms with Gasteiger partial charge in [0.1, 0.15) is 11.5 Å². The van der Waals surface area contributed by atoms with Gasteiger partial charge >= 0.3 is 0 Å². The van der Waals surface area contributed by atoms with E-state index in [2.05, 4.69) is 171 Å². The Kier molecular flexibility index (Phi) is 8.54. The summed E-state index contributed by atoms with van der Waals surface area (Å²) >= 11 is 0. The molecule has 12 rings (SSSR count). The van der Waals surface area contributed by atoms with Gasteiger partial charge in [-0.2, -0.15) is 0 Å². The fourth-order valence-electron chi connectivity index (χ4n) is 9.61. The first-order chi connectivity index (χ1) is 31.1. The van der Waals surface area contributed by atoms with Crippen LogP contribution in [0.1, 0.15) is 27.8 Å². The molecule has 1 spiro atoms. The largest absolute Gasteiger partial charge is 0.457 e. The number of aromatic nitrogens is 4. The van der Waals surface area contributed by atoms with Gasteiger partial charge in [-0.15, -0.1) is 0 Å². The standard InChI is InChI=1S/C58H38N4O/c1-37-29-31-43-48(33-37)58(47-27-16-25-44(55(43)47)57-61-51(40-21-10-4-11-22-40)36-52(62-57)41-23-12-5-13-24-41)45-26-14-15-28-53(45)63-54-34-42(30-32-46(54)58)56-59-49(38-17-6-2-7-18-38)35-50(60-56)39-19-8-3-9-20-39/h2-36H,1H3. The number of hydrogen-bond donors (Lipinski definition) is 0. The summed E-state index contributed by atoms with van der Waals surface area (Å²) in [5, 5.41) is 0. The van der Waals surface area contributed by atoms with Gasteiger partial charge in [0.05, 0.1) is 28.2 Å². The molecule has 0 amide bonds. The van der Waals surface area contributed by atoms with Crippen LogP contribution < -0.4 is 4.74 Å². The molecule has 0 saturated heterocycles. The highest BCUT2D eigenvalue weighted by molar-refractivity contribution is 5.96. The molecule has 0 bridgehead atoms. The molecule has 8 aromatic carbocycles. The van der Waals surface area contributed by atoms with Crippen LogP contribution in [-0.2, 0) is 5.41 Å². The fraction of sp³-hybridized carbons (Fsp3) is 0.0345. The molecule has 1 unspecified atom stereocenters. The minimum atomic E-state index is -0.712. The Morgan fingerprint density at radius 3 is 1.40 bits per heavy atom. The minimum Gasteiger partial charge on any atom is -0.457 e. The maximum atomic E-state index is 6.98. The van der Waals surface area contributed by atoms with E-state index in [1.807, 2.05) is 48.5 Å². The van der Waals surface area contributed by atoms with Crippen LogP contribution in [0.2, 0.25) is 0 Å². The van der Waals surface area contributed by atoms with Gasteiger partial charge in [0.25, 0.3) is 0 Å². The molecule has 63 heavy (non-hydrogen) atoms. The first-order valence-corrected chi connectivity index (χ1v) is 21.3. The van der Waals surface area contributed by atoms with Crippen LogP contribution in [0, 0.1) is 6.92 Å². The zero-order valence-electron chi connectivity index (χ0n) is 34.4. The number of ether oxygens (including phenoxy) is 1. The van der Waals surface area contributed by atoms with Gasteiger partial charge in [-0.3, -0.25) is 0 Å². The van der Waals surface area contributed by atoms with Crippen LogP contribution in [-0.4, -0.2) is 19.9 Å². The molecule has 1 aliphatic carbocycles. The average molecular weight is 807 g/mol. The SMILES string of the molecule is Cc1ccc2c(c1)C1(c3ccccc3Oc3cc(-c4nc(-c5ccccc5)cc(-c5ccccc5)n4)ccc31)c1cccc(-c3nc(-c4ccccc4)cc(-c4ccccc4)n3)c1-2. The fourth-order valence-corrected chi connectivity index (χ4v) is 9.61. The Labute approximate surface area is 366 Å². The summed E-state index contributed by atoms with van der Waals surface area (Å²) in [6.07, 6.45) is 0. The lowest BCUT2D eigenvalue weighted by Crippen LogP contribution is -2.32. The minimum absolute atomic E-state index is 0.629. The van der Waals surface area contributed by atoms with Gasteiger partial charge in [-0.05, 0) is 53.4 Å². The van der Waals surface area contributed by atoms with E-state index in [-0.39, 0.29) is 0 Å². The number of fused-ring (bicyclic) bond motifs is 9. The predicted octanol–water partition coefficient (Wildman–Crippen LogP) is 14.0. The molecule has 1 atom stereocenters. The van der Waals surface area contributed by atoms with E-state index >= 15 is 0 Å². The Bertz CT molecular complexity index is 3260. The van der Waals surface area contributed by atoms with E-state index < -0.39 is 5.41 Å². The molecule has 2 aliphatic rings. The normalized spacial score (nSPS) is 14.3. The highest BCUT2D eigenvalue weighted by atomic mass is 16.5. The molecule has 0 radical (unpaired) electrons. The molecule has 2 aromatic heterocycles. The van der Waals surface area contributed by atoms with Crippen molar-refractivity contribution in [2.24, 2.45) is 0 Å². The van der Waals surface area contributed by atoms with Gasteiger partial charge in [0.2, 0.25) is 0 Å². The number of benzene rings is 8. The van der Waals surface area contributed by atoms with Crippen LogP contribution in [0.15, 0.2) is 212 Å². The van der Waals surface area contributed by atoms with Gasteiger partial charge in [-0.25, -0.2) is 19.9 Å². The first kappa shape index (κ1) is 36.6. The van der Waals surface area contributed by atoms with Crippen LogP contribution in [0.25, 0.3) is 78.9 Å². The summed E-state index contributed by atoms with van der Waals surface area (Å²) < 4.78 is 6.98. The Hall–Kier alpha value is -8.28. The third-order valence-corrected chi connectivity index (χ3v) is 12.4. The highest BCUT2D eigenvalue weighted by Gasteiger charge is 2.52. The number of rotatable bonds is 6. The molecule has 296 valence electrons. The summed E-state index contributed by atoms with van der Waals surface area (Å²) in [6, 6.07) is 74.0. The molecular weight excluding hydrogens is 769 g/mol. The third kappa shape index (κ3) is 6.00. The van der Waals surface area contributed by atoms with Gasteiger partial charge in [-0.1, -0.05) is 194 Å². The molecule has 0 N–H and O–H groups in total. The number of para-hydroxylation sites is 1. The summed E-state index contributed by atoms with van der Waals surface area (Å²) in [7, 11) is 0. The molecular formula is C58H38N4O. The second-order valence-electron chi connectivity index (χ2n) is 16.2. The quantitative estimate of drug-likeness (QED) is 0.167. The maximum Gasteiger partial charge on any atom is 0.161 e. The van der Waals surface area contributed by atoms with E-state index in [0.29, 0.717) is 11.6 Å². The summed E-state index contributed by atoms with van der Waals surface area (Å²) in [6.45, 7) is 2.17. The predicted molar refractivity (Wildman–Crippen MR) is 252 cm³/mol. The second kappa shape index (κ2) is 14.7. The number of nitrogens with zero attached hydrogens (tertiary/aromatic N) is 4. The van der Waals surface area contributed by atoms with Crippen molar-refractivity contribution in [1.29, 1.82) is 0 Å². The van der Waals surface area contributed by atoms with Crippen molar-refractivity contribution in [2.75, 3.05) is 0 Å². The van der Waals surface area contributed by atoms with E-state index in [9.17, 15) is 0 Å². The molecule has 5 nitrogen and oxygen atoms in total. The zero-order valence-corrected chi connectivity index (χ0v) is 34.4. The van der Waals surface area contributed by atoms with Crippen LogP contribution >= 0.6 is 0 Å². The Morgan fingerprint density at radius 1 is 0.333 bits per heavy atom. The Balaban J connectivity index is 1.09. The maximum absolute atomic E-state index is 6.98. The smallest absolute Gasteiger partial charge is 0.161 e. The number of aryl methyl sites for hydroxylation is 1. The lowest BCUT2D eigenvalue weighted by atomic mass is 9.65. The summed E-state index contributed by atoms with van der Waals surface area (Å²) in [5.41, 5.74) is 16.7. The number of hydrogen-bond acceptors (Lipinski definition) is 5. The van der Waals surface area contributed by atoms with Crippen LogP contribution in [0.3, 0.4) is 0 Å². The Morgan fingerprint density at radius 2 is 0.825 bits per heavy atom. The van der Waals surface area contributed by atoms with E-state index in [1.54, 1.807) is 0 Å². The van der Waals surface area contributed by atoms with Crippen molar-refractivity contribution in [3.8, 4) is 90.4 Å². The van der Waals surface area contributed by atoms with Crippen molar-refractivity contribution < 1.29 is 4.74 Å². The summed E-state index contributed by atoms with van der Waals surface area (Å²) in [5.74, 6) is 2.88. The van der Waals surface area contributed by atoms with Gasteiger partial charge < -0.3 is 4.74 Å². The van der Waals surface area contributed by atoms with Crippen LogP contribution in [0.5, 0.6) is 11.5 Å². The third-order valence-electron chi connectivity index (χ3n) is 12.4. The molecule has 0 saturated carbocycles. The highest BCUT2D eigenvalue weighted by Crippen LogP contribution is 2.63. The van der Waals surface area contributed by atoms with Gasteiger partial charge in [0, 0.05) is 44.5 Å². The second-order valence-corrected chi connectivity index (χ2v) is 16.2. The van der Waals surface area contributed by atoms with Crippen LogP contribution in [0.4, 0.5) is 0 Å². The average Bonchev–Trinajstić information content (AvgIpc) is 3.64. The van der Waals surface area contributed by atoms with Crippen molar-refractivity contribution in [2.45, 2.75) is 12.3 Å². The monoisotopic (exact) mass is 806 g/mol. The summed E-state index contributed by atoms with van der Waals surface area (Å²) in [4.78, 5) is 21.1. The molecule has 3 heterocycles. The first-order valence-electron chi connectivity index (χ1n) is 21.3. The van der Waals surface area contributed by atoms with Crippen molar-refractivity contribution in [3.63, 3.8) is 0 Å². The lowest BCUT2D eigenvalue weighted by molar-refractivity contribution is 0.436.